The average molecular weight is 305 g/mol. The lowest BCUT2D eigenvalue weighted by Gasteiger charge is -2.17. The van der Waals surface area contributed by atoms with Crippen LogP contribution in [0.2, 0.25) is 5.02 Å². The lowest BCUT2D eigenvalue weighted by Crippen LogP contribution is -2.34. The van der Waals surface area contributed by atoms with E-state index in [9.17, 15) is 8.42 Å². The zero-order chi connectivity index (χ0) is 14.5. The van der Waals surface area contributed by atoms with E-state index in [2.05, 4.69) is 4.72 Å². The second-order valence-corrected chi connectivity index (χ2v) is 6.57. The van der Waals surface area contributed by atoms with Crippen LogP contribution in [0.1, 0.15) is 38.7 Å². The monoisotopic (exact) mass is 304 g/mol. The first-order chi connectivity index (χ1) is 8.94. The molecule has 4 nitrogen and oxygen atoms in total. The molecule has 0 aliphatic heterocycles. The Hall–Kier alpha value is -0.620. The molecule has 108 valence electrons. The molecular formula is C13H21ClN2O2S. The van der Waals surface area contributed by atoms with Gasteiger partial charge < -0.3 is 5.73 Å². The van der Waals surface area contributed by atoms with E-state index in [0.29, 0.717) is 6.54 Å². The summed E-state index contributed by atoms with van der Waals surface area (Å²) in [6, 6.07) is 4.73. The first kappa shape index (κ1) is 16.4. The van der Waals surface area contributed by atoms with Gasteiger partial charge in [-0.25, -0.2) is 13.1 Å². The summed E-state index contributed by atoms with van der Waals surface area (Å²) in [5.74, 6) is 0. The molecule has 1 atom stereocenters. The molecule has 19 heavy (non-hydrogen) atoms. The fraction of sp³-hybridized carbons (Fsp3) is 0.538. The molecule has 0 aliphatic carbocycles. The summed E-state index contributed by atoms with van der Waals surface area (Å²) in [6.07, 6.45) is 2.50. The van der Waals surface area contributed by atoms with Crippen LogP contribution in [0.15, 0.2) is 23.1 Å². The van der Waals surface area contributed by atoms with Crippen molar-refractivity contribution in [2.45, 2.75) is 50.6 Å². The number of benzene rings is 1. The van der Waals surface area contributed by atoms with Crippen LogP contribution in [0.5, 0.6) is 0 Å². The van der Waals surface area contributed by atoms with Gasteiger partial charge in [0.2, 0.25) is 10.0 Å². The molecule has 0 aliphatic rings. The summed E-state index contributed by atoms with van der Waals surface area (Å²) >= 11 is 6.02. The molecule has 1 aromatic rings. The molecule has 0 bridgehead atoms. The van der Waals surface area contributed by atoms with Gasteiger partial charge in [0.25, 0.3) is 0 Å². The minimum Gasteiger partial charge on any atom is -0.326 e. The van der Waals surface area contributed by atoms with Crippen molar-refractivity contribution in [3.63, 3.8) is 0 Å². The highest BCUT2D eigenvalue weighted by Crippen LogP contribution is 2.23. The minimum absolute atomic E-state index is 0.0553. The van der Waals surface area contributed by atoms with E-state index < -0.39 is 10.0 Å². The lowest BCUT2D eigenvalue weighted by atomic mass is 10.1. The highest BCUT2D eigenvalue weighted by Gasteiger charge is 2.21. The normalized spacial score (nSPS) is 13.5. The molecule has 1 unspecified atom stereocenters. The maximum atomic E-state index is 12.3. The van der Waals surface area contributed by atoms with E-state index in [0.717, 1.165) is 24.8 Å². The van der Waals surface area contributed by atoms with Gasteiger partial charge in [-0.15, -0.1) is 0 Å². The lowest BCUT2D eigenvalue weighted by molar-refractivity contribution is 0.512. The SMILES string of the molecule is CCCC(CC)NS(=O)(=O)c1ccc(CN)cc1Cl. The summed E-state index contributed by atoms with van der Waals surface area (Å²) in [6.45, 7) is 4.32. The summed E-state index contributed by atoms with van der Waals surface area (Å²) in [5.41, 5.74) is 6.31. The van der Waals surface area contributed by atoms with Gasteiger partial charge in [-0.05, 0) is 30.5 Å². The first-order valence-electron chi connectivity index (χ1n) is 6.45. The minimum atomic E-state index is -3.57. The van der Waals surface area contributed by atoms with Gasteiger partial charge in [-0.2, -0.15) is 0 Å². The average Bonchev–Trinajstić information content (AvgIpc) is 2.37. The molecule has 3 N–H and O–H groups in total. The fourth-order valence-electron chi connectivity index (χ4n) is 1.87. The maximum absolute atomic E-state index is 12.3. The number of hydrogen-bond acceptors (Lipinski definition) is 3. The Bertz CT molecular complexity index is 517. The predicted molar refractivity (Wildman–Crippen MR) is 78.7 cm³/mol. The Morgan fingerprint density at radius 2 is 2.05 bits per heavy atom. The second kappa shape index (κ2) is 7.24. The van der Waals surface area contributed by atoms with Gasteiger partial charge in [-0.1, -0.05) is 37.9 Å². The number of sulfonamides is 1. The topological polar surface area (TPSA) is 72.2 Å². The van der Waals surface area contributed by atoms with Crippen LogP contribution in [-0.4, -0.2) is 14.5 Å². The van der Waals surface area contributed by atoms with Crippen molar-refractivity contribution in [2.75, 3.05) is 0 Å². The smallest absolute Gasteiger partial charge is 0.242 e. The number of halogens is 1. The van der Waals surface area contributed by atoms with Crippen LogP contribution in [0.25, 0.3) is 0 Å². The standard InChI is InChI=1S/C13H21ClN2O2S/c1-3-5-11(4-2)16-19(17,18)13-7-6-10(9-15)8-12(13)14/h6-8,11,16H,3-5,9,15H2,1-2H3. The Kier molecular flexibility index (Phi) is 6.26. The Labute approximate surface area is 120 Å². The van der Waals surface area contributed by atoms with Gasteiger partial charge in [0.05, 0.1) is 5.02 Å². The first-order valence-corrected chi connectivity index (χ1v) is 8.31. The molecule has 0 spiro atoms. The third kappa shape index (κ3) is 4.45. The summed E-state index contributed by atoms with van der Waals surface area (Å²) in [5, 5.41) is 0.210. The molecule has 0 radical (unpaired) electrons. The Balaban J connectivity index is 3.00. The van der Waals surface area contributed by atoms with Gasteiger partial charge in [-0.3, -0.25) is 0 Å². The van der Waals surface area contributed by atoms with Crippen molar-refractivity contribution in [3.05, 3.63) is 28.8 Å². The number of rotatable bonds is 7. The summed E-state index contributed by atoms with van der Waals surface area (Å²) < 4.78 is 27.2. The van der Waals surface area contributed by atoms with Gasteiger partial charge >= 0.3 is 0 Å². The molecule has 0 fully saturated rings. The molecular weight excluding hydrogens is 284 g/mol. The third-order valence-electron chi connectivity index (χ3n) is 2.97. The van der Waals surface area contributed by atoms with Crippen molar-refractivity contribution in [1.29, 1.82) is 0 Å². The summed E-state index contributed by atoms with van der Waals surface area (Å²) in [4.78, 5) is 0.112. The second-order valence-electron chi connectivity index (χ2n) is 4.48. The molecule has 1 aromatic carbocycles. The number of nitrogens with one attached hydrogen (secondary N) is 1. The van der Waals surface area contributed by atoms with Crippen molar-refractivity contribution >= 4 is 21.6 Å². The maximum Gasteiger partial charge on any atom is 0.242 e. The van der Waals surface area contributed by atoms with Crippen molar-refractivity contribution in [1.82, 2.24) is 4.72 Å². The van der Waals surface area contributed by atoms with Crippen molar-refractivity contribution in [2.24, 2.45) is 5.73 Å². The fourth-order valence-corrected chi connectivity index (χ4v) is 3.79. The highest BCUT2D eigenvalue weighted by atomic mass is 35.5. The molecule has 1 rings (SSSR count). The molecule has 0 saturated heterocycles. The largest absolute Gasteiger partial charge is 0.326 e. The predicted octanol–water partition coefficient (Wildman–Crippen LogP) is 2.66. The van der Waals surface area contributed by atoms with E-state index in [-0.39, 0.29) is 16.0 Å². The van der Waals surface area contributed by atoms with Crippen LogP contribution >= 0.6 is 11.6 Å². The zero-order valence-electron chi connectivity index (χ0n) is 11.3. The molecule has 0 heterocycles. The quantitative estimate of drug-likeness (QED) is 0.813. The summed E-state index contributed by atoms with van der Waals surface area (Å²) in [7, 11) is -3.57. The molecule has 6 heteroatoms. The van der Waals surface area contributed by atoms with E-state index in [1.165, 1.54) is 6.07 Å². The highest BCUT2D eigenvalue weighted by molar-refractivity contribution is 7.89. The third-order valence-corrected chi connectivity index (χ3v) is 4.98. The van der Waals surface area contributed by atoms with Crippen LogP contribution < -0.4 is 10.5 Å². The Morgan fingerprint density at radius 1 is 1.37 bits per heavy atom. The van der Waals surface area contributed by atoms with Crippen molar-refractivity contribution < 1.29 is 8.42 Å². The van der Waals surface area contributed by atoms with E-state index >= 15 is 0 Å². The van der Waals surface area contributed by atoms with Gasteiger partial charge in [0.15, 0.2) is 0 Å². The van der Waals surface area contributed by atoms with Crippen LogP contribution in [0.3, 0.4) is 0 Å². The van der Waals surface area contributed by atoms with E-state index in [1.807, 2.05) is 13.8 Å². The van der Waals surface area contributed by atoms with Crippen LogP contribution in [0, 0.1) is 0 Å². The number of hydrogen-bond donors (Lipinski definition) is 2. The van der Waals surface area contributed by atoms with Crippen LogP contribution in [-0.2, 0) is 16.6 Å². The molecule has 0 amide bonds. The van der Waals surface area contributed by atoms with E-state index in [4.69, 9.17) is 17.3 Å². The Morgan fingerprint density at radius 3 is 2.53 bits per heavy atom. The zero-order valence-corrected chi connectivity index (χ0v) is 12.9. The van der Waals surface area contributed by atoms with Gasteiger partial charge in [0, 0.05) is 12.6 Å². The number of nitrogens with two attached hydrogens (primary N) is 1. The van der Waals surface area contributed by atoms with Gasteiger partial charge in [0.1, 0.15) is 4.90 Å². The van der Waals surface area contributed by atoms with Crippen molar-refractivity contribution in [3.8, 4) is 0 Å². The van der Waals surface area contributed by atoms with E-state index in [1.54, 1.807) is 12.1 Å². The molecule has 0 aromatic heterocycles. The van der Waals surface area contributed by atoms with Crippen LogP contribution in [0.4, 0.5) is 0 Å². The molecule has 0 saturated carbocycles.